The molecule has 0 bridgehead atoms. The Bertz CT molecular complexity index is 678. The van der Waals surface area contributed by atoms with Gasteiger partial charge >= 0.3 is 0 Å². The maximum absolute atomic E-state index is 12.9. The van der Waals surface area contributed by atoms with Crippen molar-refractivity contribution in [2.45, 2.75) is 44.2 Å². The largest absolute Gasteiger partial charge is 0.419 e. The zero-order valence-electron chi connectivity index (χ0n) is 12.7. The summed E-state index contributed by atoms with van der Waals surface area (Å²) in [7, 11) is 0. The summed E-state index contributed by atoms with van der Waals surface area (Å²) in [4.78, 5) is 11.8. The molecule has 1 saturated carbocycles. The van der Waals surface area contributed by atoms with Crippen LogP contribution >= 0.6 is 0 Å². The molecule has 1 aromatic carbocycles. The standard InChI is InChI=1S/C16H19FN4O2/c17-12-6-4-11(5-7-12)14-21-20-13(23-14)10-19-16(15(18)22)8-2-1-3-9-16/h4-7,19H,1-3,8-10H2,(H2,18,22). The Balaban J connectivity index is 1.69. The third-order valence-electron chi connectivity index (χ3n) is 4.31. The van der Waals surface area contributed by atoms with Crippen molar-refractivity contribution >= 4 is 5.91 Å². The van der Waals surface area contributed by atoms with Crippen molar-refractivity contribution in [1.82, 2.24) is 15.5 Å². The Morgan fingerprint density at radius 2 is 1.91 bits per heavy atom. The molecule has 122 valence electrons. The number of nitrogens with zero attached hydrogens (tertiary/aromatic N) is 2. The van der Waals surface area contributed by atoms with Gasteiger partial charge in [0.15, 0.2) is 0 Å². The summed E-state index contributed by atoms with van der Waals surface area (Å²) in [5.41, 5.74) is 5.53. The van der Waals surface area contributed by atoms with Crippen LogP contribution < -0.4 is 11.1 Å². The van der Waals surface area contributed by atoms with Crippen LogP contribution in [0.1, 0.15) is 38.0 Å². The summed E-state index contributed by atoms with van der Waals surface area (Å²) in [6.45, 7) is 0.275. The number of rotatable bonds is 5. The first-order valence-corrected chi connectivity index (χ1v) is 7.72. The highest BCUT2D eigenvalue weighted by Gasteiger charge is 2.37. The van der Waals surface area contributed by atoms with Gasteiger partial charge in [-0.25, -0.2) is 4.39 Å². The van der Waals surface area contributed by atoms with Gasteiger partial charge in [0.05, 0.1) is 12.1 Å². The fourth-order valence-corrected chi connectivity index (χ4v) is 2.94. The van der Waals surface area contributed by atoms with Gasteiger partial charge in [-0.2, -0.15) is 0 Å². The lowest BCUT2D eigenvalue weighted by atomic mass is 9.81. The van der Waals surface area contributed by atoms with E-state index in [0.29, 0.717) is 17.3 Å². The van der Waals surface area contributed by atoms with Crippen molar-refractivity contribution in [3.63, 3.8) is 0 Å². The van der Waals surface area contributed by atoms with Gasteiger partial charge < -0.3 is 10.2 Å². The summed E-state index contributed by atoms with van der Waals surface area (Å²) < 4.78 is 18.5. The monoisotopic (exact) mass is 318 g/mol. The van der Waals surface area contributed by atoms with Gasteiger partial charge in [0.2, 0.25) is 17.7 Å². The molecule has 6 nitrogen and oxygen atoms in total. The summed E-state index contributed by atoms with van der Waals surface area (Å²) >= 11 is 0. The van der Waals surface area contributed by atoms with Gasteiger partial charge in [-0.3, -0.25) is 10.1 Å². The summed E-state index contributed by atoms with van der Waals surface area (Å²) in [6, 6.07) is 5.82. The molecule has 0 aliphatic heterocycles. The van der Waals surface area contributed by atoms with Crippen LogP contribution in [0, 0.1) is 5.82 Å². The molecular formula is C16H19FN4O2. The molecular weight excluding hydrogens is 299 g/mol. The maximum Gasteiger partial charge on any atom is 0.247 e. The molecule has 23 heavy (non-hydrogen) atoms. The number of amides is 1. The number of halogens is 1. The number of hydrogen-bond donors (Lipinski definition) is 2. The minimum absolute atomic E-state index is 0.275. The third kappa shape index (κ3) is 3.39. The fourth-order valence-electron chi connectivity index (χ4n) is 2.94. The zero-order chi connectivity index (χ0) is 16.3. The van der Waals surface area contributed by atoms with Gasteiger partial charge in [0, 0.05) is 5.56 Å². The molecule has 1 amide bonds. The van der Waals surface area contributed by atoms with E-state index in [2.05, 4.69) is 15.5 Å². The zero-order valence-corrected chi connectivity index (χ0v) is 12.7. The van der Waals surface area contributed by atoms with Gasteiger partial charge in [-0.1, -0.05) is 19.3 Å². The van der Waals surface area contributed by atoms with E-state index < -0.39 is 5.54 Å². The number of nitrogens with two attached hydrogens (primary N) is 1. The van der Waals surface area contributed by atoms with Crippen molar-refractivity contribution in [2.75, 3.05) is 0 Å². The highest BCUT2D eigenvalue weighted by molar-refractivity contribution is 5.84. The van der Waals surface area contributed by atoms with Crippen molar-refractivity contribution in [3.05, 3.63) is 36.0 Å². The SMILES string of the molecule is NC(=O)C1(NCc2nnc(-c3ccc(F)cc3)o2)CCCCC1. The van der Waals surface area contributed by atoms with E-state index in [4.69, 9.17) is 10.2 Å². The minimum atomic E-state index is -0.692. The van der Waals surface area contributed by atoms with Gasteiger partial charge in [0.1, 0.15) is 5.82 Å². The van der Waals surface area contributed by atoms with E-state index >= 15 is 0 Å². The lowest BCUT2D eigenvalue weighted by Gasteiger charge is -2.34. The molecule has 0 spiro atoms. The smallest absolute Gasteiger partial charge is 0.247 e. The molecule has 7 heteroatoms. The molecule has 1 fully saturated rings. The predicted molar refractivity (Wildman–Crippen MR) is 81.5 cm³/mol. The molecule has 0 atom stereocenters. The van der Waals surface area contributed by atoms with E-state index in [-0.39, 0.29) is 18.3 Å². The maximum atomic E-state index is 12.9. The molecule has 0 radical (unpaired) electrons. The molecule has 1 aliphatic rings. The van der Waals surface area contributed by atoms with Crippen LogP contribution in [0.25, 0.3) is 11.5 Å². The topological polar surface area (TPSA) is 94.0 Å². The first kappa shape index (κ1) is 15.6. The number of aromatic nitrogens is 2. The number of hydrogen-bond acceptors (Lipinski definition) is 5. The van der Waals surface area contributed by atoms with Crippen LogP contribution in [-0.2, 0) is 11.3 Å². The molecule has 3 N–H and O–H groups in total. The molecule has 1 aliphatic carbocycles. The van der Waals surface area contributed by atoms with Gasteiger partial charge in [-0.05, 0) is 37.1 Å². The van der Waals surface area contributed by atoms with Crippen LogP contribution in [0.5, 0.6) is 0 Å². The Morgan fingerprint density at radius 3 is 2.57 bits per heavy atom. The third-order valence-corrected chi connectivity index (χ3v) is 4.31. The molecule has 0 saturated heterocycles. The Labute approximate surface area is 133 Å². The van der Waals surface area contributed by atoms with Crippen molar-refractivity contribution in [3.8, 4) is 11.5 Å². The average molecular weight is 318 g/mol. The molecule has 0 unspecified atom stereocenters. The van der Waals surface area contributed by atoms with Crippen LogP contribution in [0.4, 0.5) is 4.39 Å². The number of carbonyl (C=O) groups is 1. The summed E-state index contributed by atoms with van der Waals surface area (Å²) in [6.07, 6.45) is 4.51. The quantitative estimate of drug-likeness (QED) is 0.881. The van der Waals surface area contributed by atoms with E-state index in [1.807, 2.05) is 0 Å². The van der Waals surface area contributed by atoms with Crippen molar-refractivity contribution in [2.24, 2.45) is 5.73 Å². The van der Waals surface area contributed by atoms with Gasteiger partial charge in [-0.15, -0.1) is 10.2 Å². The lowest BCUT2D eigenvalue weighted by molar-refractivity contribution is -0.125. The Morgan fingerprint density at radius 1 is 1.22 bits per heavy atom. The average Bonchev–Trinajstić information content (AvgIpc) is 3.03. The molecule has 1 heterocycles. The van der Waals surface area contributed by atoms with Crippen molar-refractivity contribution < 1.29 is 13.6 Å². The van der Waals surface area contributed by atoms with Crippen LogP contribution in [0.15, 0.2) is 28.7 Å². The predicted octanol–water partition coefficient (Wildman–Crippen LogP) is 2.15. The number of primary amides is 1. The van der Waals surface area contributed by atoms with Gasteiger partial charge in [0.25, 0.3) is 0 Å². The first-order chi connectivity index (χ1) is 11.1. The second kappa shape index (κ2) is 6.45. The highest BCUT2D eigenvalue weighted by Crippen LogP contribution is 2.28. The second-order valence-corrected chi connectivity index (χ2v) is 5.87. The first-order valence-electron chi connectivity index (χ1n) is 7.72. The van der Waals surface area contributed by atoms with Crippen LogP contribution in [0.2, 0.25) is 0 Å². The molecule has 1 aromatic heterocycles. The van der Waals surface area contributed by atoms with Crippen LogP contribution in [-0.4, -0.2) is 21.6 Å². The molecule has 3 rings (SSSR count). The normalized spacial score (nSPS) is 17.1. The number of nitrogens with one attached hydrogen (secondary N) is 1. The highest BCUT2D eigenvalue weighted by atomic mass is 19.1. The van der Waals surface area contributed by atoms with E-state index in [1.165, 1.54) is 12.1 Å². The Hall–Kier alpha value is -2.28. The minimum Gasteiger partial charge on any atom is -0.419 e. The summed E-state index contributed by atoms with van der Waals surface area (Å²) in [5, 5.41) is 11.1. The van der Waals surface area contributed by atoms with Crippen LogP contribution in [0.3, 0.4) is 0 Å². The van der Waals surface area contributed by atoms with E-state index in [1.54, 1.807) is 12.1 Å². The second-order valence-electron chi connectivity index (χ2n) is 5.87. The van der Waals surface area contributed by atoms with E-state index in [9.17, 15) is 9.18 Å². The Kier molecular flexibility index (Phi) is 4.38. The van der Waals surface area contributed by atoms with Crippen molar-refractivity contribution in [1.29, 1.82) is 0 Å². The lowest BCUT2D eigenvalue weighted by Crippen LogP contribution is -2.56. The number of carbonyl (C=O) groups excluding carboxylic acids is 1. The van der Waals surface area contributed by atoms with E-state index in [0.717, 1.165) is 32.1 Å². The summed E-state index contributed by atoms with van der Waals surface area (Å²) in [5.74, 6) is 0.0282. The number of benzene rings is 1. The fraction of sp³-hybridized carbons (Fsp3) is 0.438. The molecule has 2 aromatic rings.